The number of para-hydroxylation sites is 1. The van der Waals surface area contributed by atoms with E-state index >= 15 is 0 Å². The van der Waals surface area contributed by atoms with Crippen LogP contribution in [0.15, 0.2) is 30.3 Å². The lowest BCUT2D eigenvalue weighted by Gasteiger charge is -2.30. The predicted molar refractivity (Wildman–Crippen MR) is 105 cm³/mol. The molecule has 0 radical (unpaired) electrons. The van der Waals surface area contributed by atoms with Gasteiger partial charge in [-0.25, -0.2) is 14.5 Å². The van der Waals surface area contributed by atoms with E-state index in [0.29, 0.717) is 0 Å². The first kappa shape index (κ1) is 22.4. The summed E-state index contributed by atoms with van der Waals surface area (Å²) in [7, 11) is 0. The second-order valence-electron chi connectivity index (χ2n) is 6.97. The number of anilines is 1. The minimum Gasteiger partial charge on any atom is -0.465 e. The van der Waals surface area contributed by atoms with Crippen LogP contribution in [0.3, 0.4) is 0 Å². The Labute approximate surface area is 178 Å². The first-order valence-electron chi connectivity index (χ1n) is 10.1. The fourth-order valence-corrected chi connectivity index (χ4v) is 4.12. The van der Waals surface area contributed by atoms with Crippen molar-refractivity contribution in [3.05, 3.63) is 30.3 Å². The molecule has 1 aromatic rings. The number of hydrogen-bond acceptors (Lipinski definition) is 9. The van der Waals surface area contributed by atoms with Gasteiger partial charge in [0.25, 0.3) is 0 Å². The highest BCUT2D eigenvalue weighted by Crippen LogP contribution is 2.46. The minimum atomic E-state index is -2.36. The molecule has 2 fully saturated rings. The third-order valence-electron chi connectivity index (χ3n) is 5.31. The van der Waals surface area contributed by atoms with Crippen LogP contribution >= 0.6 is 0 Å². The lowest BCUT2D eigenvalue weighted by atomic mass is 9.80. The Morgan fingerprint density at radius 2 is 1.45 bits per heavy atom. The quantitative estimate of drug-likeness (QED) is 0.278. The number of carbonyl (C=O) groups is 5. The van der Waals surface area contributed by atoms with Gasteiger partial charge in [-0.3, -0.25) is 19.7 Å². The predicted octanol–water partition coefficient (Wildman–Crippen LogP) is 0.192. The van der Waals surface area contributed by atoms with Crippen molar-refractivity contribution in [2.24, 2.45) is 11.8 Å². The number of hydrogen-bond donors (Lipinski definition) is 1. The molecule has 3 atom stereocenters. The summed E-state index contributed by atoms with van der Waals surface area (Å²) in [6, 6.07) is 6.65. The van der Waals surface area contributed by atoms with Crippen molar-refractivity contribution < 1.29 is 38.2 Å². The van der Waals surface area contributed by atoms with E-state index in [0.717, 1.165) is 4.90 Å². The third-order valence-corrected chi connectivity index (χ3v) is 5.31. The molecule has 2 saturated heterocycles. The maximum atomic E-state index is 13.5. The van der Waals surface area contributed by atoms with Gasteiger partial charge in [-0.2, -0.15) is 0 Å². The van der Waals surface area contributed by atoms with Gasteiger partial charge in [0.05, 0.1) is 37.3 Å². The molecule has 2 amide bonds. The van der Waals surface area contributed by atoms with E-state index in [2.05, 4.69) is 5.32 Å². The van der Waals surface area contributed by atoms with Crippen LogP contribution in [0.5, 0.6) is 0 Å². The van der Waals surface area contributed by atoms with Crippen molar-refractivity contribution in [1.82, 2.24) is 5.32 Å². The summed E-state index contributed by atoms with van der Waals surface area (Å²) < 4.78 is 15.2. The van der Waals surface area contributed by atoms with Crippen molar-refractivity contribution in [3.8, 4) is 0 Å². The molecule has 1 aromatic carbocycles. The highest BCUT2D eigenvalue weighted by atomic mass is 16.6. The smallest absolute Gasteiger partial charge is 0.338 e. The molecule has 0 aromatic heterocycles. The molecule has 31 heavy (non-hydrogen) atoms. The lowest BCUT2D eigenvalue weighted by Crippen LogP contribution is -2.64. The van der Waals surface area contributed by atoms with Crippen LogP contribution in [0.2, 0.25) is 0 Å². The normalized spacial score (nSPS) is 24.0. The maximum Gasteiger partial charge on any atom is 0.338 e. The lowest BCUT2D eigenvalue weighted by molar-refractivity contribution is -0.169. The maximum absolute atomic E-state index is 13.5. The second kappa shape index (κ2) is 8.84. The molecule has 1 N–H and O–H groups in total. The molecule has 2 aliphatic rings. The van der Waals surface area contributed by atoms with Crippen molar-refractivity contribution in [2.75, 3.05) is 24.7 Å². The van der Waals surface area contributed by atoms with Gasteiger partial charge in [0.1, 0.15) is 6.04 Å². The van der Waals surface area contributed by atoms with E-state index in [1.54, 1.807) is 37.3 Å². The highest BCUT2D eigenvalue weighted by molar-refractivity contribution is 6.28. The topological polar surface area (TPSA) is 128 Å². The van der Waals surface area contributed by atoms with Gasteiger partial charge in [0.2, 0.25) is 17.4 Å². The van der Waals surface area contributed by atoms with Gasteiger partial charge >= 0.3 is 17.9 Å². The summed E-state index contributed by atoms with van der Waals surface area (Å²) in [6.07, 6.45) is 0. The number of ether oxygens (including phenoxy) is 3. The number of nitrogens with one attached hydrogen (secondary N) is 1. The molecular weight excluding hydrogens is 408 g/mol. The fourth-order valence-electron chi connectivity index (χ4n) is 4.12. The molecule has 10 heteroatoms. The van der Waals surface area contributed by atoms with Crippen LogP contribution < -0.4 is 10.2 Å². The zero-order valence-electron chi connectivity index (χ0n) is 17.5. The van der Waals surface area contributed by atoms with Gasteiger partial charge < -0.3 is 14.2 Å². The Hall–Kier alpha value is -3.27. The molecule has 0 unspecified atom stereocenters. The Balaban J connectivity index is 2.17. The first-order chi connectivity index (χ1) is 14.8. The van der Waals surface area contributed by atoms with Crippen LogP contribution in [-0.4, -0.2) is 61.1 Å². The van der Waals surface area contributed by atoms with Crippen molar-refractivity contribution in [2.45, 2.75) is 32.4 Å². The molecule has 166 valence electrons. The van der Waals surface area contributed by atoms with Gasteiger partial charge in [0, 0.05) is 0 Å². The molecular formula is C21H24N2O8. The second-order valence-corrected chi connectivity index (χ2v) is 6.97. The summed E-state index contributed by atoms with van der Waals surface area (Å²) in [5.74, 6) is -7.45. The number of rotatable bonds is 7. The van der Waals surface area contributed by atoms with Crippen molar-refractivity contribution in [3.63, 3.8) is 0 Å². The molecule has 10 nitrogen and oxygen atoms in total. The zero-order valence-corrected chi connectivity index (χ0v) is 17.5. The highest BCUT2D eigenvalue weighted by Gasteiger charge is 2.74. The van der Waals surface area contributed by atoms with Crippen molar-refractivity contribution in [1.29, 1.82) is 0 Å². The Kier molecular flexibility index (Phi) is 6.40. The summed E-state index contributed by atoms with van der Waals surface area (Å²) in [4.78, 5) is 66.4. The summed E-state index contributed by atoms with van der Waals surface area (Å²) in [5, 5.41) is 2.60. The number of carbonyl (C=O) groups excluding carboxylic acids is 5. The van der Waals surface area contributed by atoms with E-state index in [9.17, 15) is 24.0 Å². The number of nitrogens with zero attached hydrogens (tertiary/aromatic N) is 1. The number of esters is 3. The summed E-state index contributed by atoms with van der Waals surface area (Å²) in [5.41, 5.74) is -2.10. The first-order valence-corrected chi connectivity index (χ1v) is 10.1. The minimum absolute atomic E-state index is 0.00471. The Bertz CT molecular complexity index is 882. The van der Waals surface area contributed by atoms with Gasteiger partial charge in [-0.15, -0.1) is 0 Å². The molecule has 0 bridgehead atoms. The van der Waals surface area contributed by atoms with E-state index in [4.69, 9.17) is 14.2 Å². The van der Waals surface area contributed by atoms with Gasteiger partial charge in [0.15, 0.2) is 0 Å². The van der Waals surface area contributed by atoms with E-state index in [-0.39, 0.29) is 25.5 Å². The summed E-state index contributed by atoms with van der Waals surface area (Å²) in [6.45, 7) is 4.46. The van der Waals surface area contributed by atoms with Crippen LogP contribution in [0.1, 0.15) is 20.8 Å². The standard InChI is InChI=1S/C21H24N2O8/c1-4-29-18(26)15-13-14(17(25)23(16(13)24)12-10-8-7-9-11-12)21(22-15,19(27)30-5-2)20(28)31-6-3/h7-11,13-15,22H,4-6H2,1-3H3/t13-,14-,15+/m0/s1. The van der Waals surface area contributed by atoms with Crippen LogP contribution in [0.4, 0.5) is 5.69 Å². The third kappa shape index (κ3) is 3.46. The van der Waals surface area contributed by atoms with E-state index in [1.165, 1.54) is 13.8 Å². The van der Waals surface area contributed by atoms with Crippen LogP contribution in [0, 0.1) is 11.8 Å². The van der Waals surface area contributed by atoms with Crippen LogP contribution in [0.25, 0.3) is 0 Å². The molecule has 2 heterocycles. The molecule has 0 saturated carbocycles. The monoisotopic (exact) mass is 432 g/mol. The Morgan fingerprint density at radius 1 is 0.903 bits per heavy atom. The van der Waals surface area contributed by atoms with E-state index in [1.807, 2.05) is 0 Å². The summed E-state index contributed by atoms with van der Waals surface area (Å²) >= 11 is 0. The molecule has 3 rings (SSSR count). The van der Waals surface area contributed by atoms with Gasteiger partial charge in [-0.1, -0.05) is 18.2 Å². The largest absolute Gasteiger partial charge is 0.465 e. The number of benzene rings is 1. The average molecular weight is 432 g/mol. The number of fused-ring (bicyclic) bond motifs is 1. The SMILES string of the molecule is CCOC(=O)[C@@H]1NC(C(=O)OCC)(C(=O)OCC)[C@@H]2C(=O)N(c3ccccc3)C(=O)[C@@H]21. The molecule has 0 aliphatic carbocycles. The number of amides is 2. The number of imide groups is 1. The molecule has 0 spiro atoms. The Morgan fingerprint density at radius 3 is 1.97 bits per heavy atom. The molecule has 2 aliphatic heterocycles. The fraction of sp³-hybridized carbons (Fsp3) is 0.476. The van der Waals surface area contributed by atoms with Crippen LogP contribution in [-0.2, 0) is 38.2 Å². The van der Waals surface area contributed by atoms with Gasteiger partial charge in [-0.05, 0) is 32.9 Å². The van der Waals surface area contributed by atoms with Crippen molar-refractivity contribution >= 4 is 35.4 Å². The van der Waals surface area contributed by atoms with E-state index < -0.39 is 53.1 Å². The average Bonchev–Trinajstić information content (AvgIpc) is 3.24. The zero-order chi connectivity index (χ0) is 22.8.